The summed E-state index contributed by atoms with van der Waals surface area (Å²) in [7, 11) is 0. The number of nitrogens with two attached hydrogens (primary N) is 1. The average molecular weight is 422 g/mol. The number of hydrogen-bond donors (Lipinski definition) is 2. The molecule has 0 saturated carbocycles. The number of fused-ring (bicyclic) bond motifs is 3. The number of pyridine rings is 1. The number of amides is 1. The van der Waals surface area contributed by atoms with E-state index < -0.39 is 0 Å². The predicted octanol–water partition coefficient (Wildman–Crippen LogP) is 3.44. The fraction of sp³-hybridized carbons (Fsp3) is 0.238. The van der Waals surface area contributed by atoms with Crippen LogP contribution in [0.4, 0.5) is 17.3 Å². The number of anilines is 3. The van der Waals surface area contributed by atoms with Gasteiger partial charge in [0.15, 0.2) is 11.5 Å². The Morgan fingerprint density at radius 3 is 2.93 bits per heavy atom. The van der Waals surface area contributed by atoms with Crippen molar-refractivity contribution in [3.8, 4) is 0 Å². The van der Waals surface area contributed by atoms with Crippen molar-refractivity contribution in [1.29, 1.82) is 0 Å². The van der Waals surface area contributed by atoms with Gasteiger partial charge in [0.05, 0.1) is 16.9 Å². The molecule has 5 rings (SSSR count). The van der Waals surface area contributed by atoms with Crippen molar-refractivity contribution in [2.24, 2.45) is 5.73 Å². The van der Waals surface area contributed by atoms with Gasteiger partial charge in [-0.1, -0.05) is 23.7 Å². The maximum absolute atomic E-state index is 11.8. The third-order valence-corrected chi connectivity index (χ3v) is 5.84. The van der Waals surface area contributed by atoms with Gasteiger partial charge < -0.3 is 16.0 Å². The number of carbonyl (C=O) groups excluding carboxylic acids is 1. The van der Waals surface area contributed by atoms with Crippen LogP contribution in [0.2, 0.25) is 5.02 Å². The van der Waals surface area contributed by atoms with Gasteiger partial charge in [0, 0.05) is 6.54 Å². The van der Waals surface area contributed by atoms with Crippen LogP contribution in [0.3, 0.4) is 0 Å². The summed E-state index contributed by atoms with van der Waals surface area (Å²) in [5.41, 5.74) is 9.54. The number of aromatic nitrogens is 4. The molecule has 30 heavy (non-hydrogen) atoms. The summed E-state index contributed by atoms with van der Waals surface area (Å²) in [5, 5.41) is 3.97. The second kappa shape index (κ2) is 7.14. The summed E-state index contributed by atoms with van der Waals surface area (Å²) in [4.78, 5) is 27.6. The molecule has 1 amide bonds. The molecule has 0 radical (unpaired) electrons. The highest BCUT2D eigenvalue weighted by atomic mass is 35.5. The molecular formula is C21H20ClN7O. The van der Waals surface area contributed by atoms with Crippen molar-refractivity contribution in [3.63, 3.8) is 0 Å². The number of imidazole rings is 1. The number of halogens is 1. The van der Waals surface area contributed by atoms with Gasteiger partial charge in [-0.25, -0.2) is 15.0 Å². The molecule has 4 aromatic rings. The lowest BCUT2D eigenvalue weighted by Gasteiger charge is -2.23. The molecule has 3 N–H and O–H groups in total. The Morgan fingerprint density at radius 2 is 2.13 bits per heavy atom. The van der Waals surface area contributed by atoms with E-state index in [0.29, 0.717) is 27.8 Å². The fourth-order valence-electron chi connectivity index (χ4n) is 4.01. The maximum Gasteiger partial charge on any atom is 0.240 e. The molecule has 1 saturated heterocycles. The zero-order valence-electron chi connectivity index (χ0n) is 16.3. The Balaban J connectivity index is 1.62. The maximum atomic E-state index is 11.8. The molecule has 0 bridgehead atoms. The third-order valence-electron chi connectivity index (χ3n) is 5.52. The summed E-state index contributed by atoms with van der Waals surface area (Å²) >= 11 is 6.39. The van der Waals surface area contributed by atoms with Gasteiger partial charge in [0.25, 0.3) is 0 Å². The molecule has 3 aromatic heterocycles. The van der Waals surface area contributed by atoms with Crippen molar-refractivity contribution in [2.45, 2.75) is 25.8 Å². The van der Waals surface area contributed by atoms with Crippen LogP contribution in [0.25, 0.3) is 16.7 Å². The fourth-order valence-corrected chi connectivity index (χ4v) is 4.28. The van der Waals surface area contributed by atoms with E-state index in [9.17, 15) is 4.79 Å². The van der Waals surface area contributed by atoms with Gasteiger partial charge in [-0.15, -0.1) is 0 Å². The van der Waals surface area contributed by atoms with Crippen LogP contribution in [0.1, 0.15) is 18.4 Å². The molecule has 1 aliphatic rings. The minimum absolute atomic E-state index is 0.324. The SMILES string of the molecule is Cc1cccc(Cl)c1Nc1nc2ccc(N3CCC[C@@H]3C(N)=O)nc2n2cncc12. The Hall–Kier alpha value is -3.39. The van der Waals surface area contributed by atoms with Crippen LogP contribution < -0.4 is 16.0 Å². The number of nitrogens with one attached hydrogen (secondary N) is 1. The normalized spacial score (nSPS) is 16.5. The first-order valence-corrected chi connectivity index (χ1v) is 10.1. The topological polar surface area (TPSA) is 101 Å². The highest BCUT2D eigenvalue weighted by molar-refractivity contribution is 6.33. The predicted molar refractivity (Wildman–Crippen MR) is 117 cm³/mol. The van der Waals surface area contributed by atoms with Crippen molar-refractivity contribution in [2.75, 3.05) is 16.8 Å². The van der Waals surface area contributed by atoms with Crippen molar-refractivity contribution in [1.82, 2.24) is 19.4 Å². The highest BCUT2D eigenvalue weighted by Gasteiger charge is 2.30. The van der Waals surface area contributed by atoms with Crippen LogP contribution in [0.5, 0.6) is 0 Å². The van der Waals surface area contributed by atoms with Gasteiger partial charge in [-0.2, -0.15) is 0 Å². The van der Waals surface area contributed by atoms with Gasteiger partial charge >= 0.3 is 0 Å². The lowest BCUT2D eigenvalue weighted by atomic mass is 10.2. The van der Waals surface area contributed by atoms with Crippen LogP contribution in [-0.4, -0.2) is 37.8 Å². The number of aryl methyl sites for hydroxylation is 1. The molecule has 1 atom stereocenters. The zero-order valence-corrected chi connectivity index (χ0v) is 17.1. The van der Waals surface area contributed by atoms with Gasteiger partial charge in [-0.3, -0.25) is 9.20 Å². The first-order valence-electron chi connectivity index (χ1n) is 9.74. The monoisotopic (exact) mass is 421 g/mol. The summed E-state index contributed by atoms with van der Waals surface area (Å²) in [6, 6.07) is 9.19. The second-order valence-electron chi connectivity index (χ2n) is 7.43. The smallest absolute Gasteiger partial charge is 0.240 e. The molecule has 0 unspecified atom stereocenters. The number of carbonyl (C=O) groups is 1. The second-order valence-corrected chi connectivity index (χ2v) is 7.84. The first-order chi connectivity index (χ1) is 14.5. The number of rotatable bonds is 4. The van der Waals surface area contributed by atoms with Crippen LogP contribution >= 0.6 is 11.6 Å². The van der Waals surface area contributed by atoms with E-state index in [4.69, 9.17) is 27.3 Å². The molecule has 152 valence electrons. The third kappa shape index (κ3) is 3.00. The van der Waals surface area contributed by atoms with E-state index >= 15 is 0 Å². The standard InChI is InChI=1S/C21H20ClN7O/c1-12-4-2-5-13(22)18(12)27-20-16-10-24-11-29(16)21-14(25-20)7-8-17(26-21)28-9-3-6-15(28)19(23)30/h2,4-5,7-8,10-11,15H,3,6,9H2,1H3,(H2,23,30)(H,25,27)/t15-/m1/s1. The Labute approximate surface area is 177 Å². The zero-order chi connectivity index (χ0) is 20.8. The summed E-state index contributed by atoms with van der Waals surface area (Å²) < 4.78 is 1.88. The Kier molecular flexibility index (Phi) is 4.43. The number of primary amides is 1. The van der Waals surface area contributed by atoms with Crippen molar-refractivity contribution >= 4 is 51.5 Å². The van der Waals surface area contributed by atoms with Crippen molar-refractivity contribution in [3.05, 3.63) is 53.4 Å². The average Bonchev–Trinajstić information content (AvgIpc) is 3.40. The molecule has 9 heteroatoms. The largest absolute Gasteiger partial charge is 0.368 e. The summed E-state index contributed by atoms with van der Waals surface area (Å²) in [6.07, 6.45) is 5.09. The van der Waals surface area contributed by atoms with E-state index in [1.165, 1.54) is 0 Å². The molecule has 1 fully saturated rings. The minimum atomic E-state index is -0.328. The number of benzene rings is 1. The lowest BCUT2D eigenvalue weighted by molar-refractivity contribution is -0.119. The molecule has 0 aliphatic carbocycles. The van der Waals surface area contributed by atoms with E-state index in [1.807, 2.05) is 46.6 Å². The van der Waals surface area contributed by atoms with Crippen molar-refractivity contribution < 1.29 is 4.79 Å². The minimum Gasteiger partial charge on any atom is -0.368 e. The summed E-state index contributed by atoms with van der Waals surface area (Å²) in [6.45, 7) is 2.74. The van der Waals surface area contributed by atoms with Crippen LogP contribution in [0.15, 0.2) is 42.9 Å². The highest BCUT2D eigenvalue weighted by Crippen LogP contribution is 2.32. The molecular weight excluding hydrogens is 402 g/mol. The number of hydrogen-bond acceptors (Lipinski definition) is 6. The van der Waals surface area contributed by atoms with Gasteiger partial charge in [-0.05, 0) is 43.5 Å². The van der Waals surface area contributed by atoms with Crippen LogP contribution in [-0.2, 0) is 4.79 Å². The number of para-hydroxylation sites is 1. The van der Waals surface area contributed by atoms with E-state index in [1.54, 1.807) is 12.5 Å². The molecule has 0 spiro atoms. The molecule has 1 aliphatic heterocycles. The quantitative estimate of drug-likeness (QED) is 0.523. The van der Waals surface area contributed by atoms with Crippen LogP contribution in [0, 0.1) is 6.92 Å². The van der Waals surface area contributed by atoms with E-state index in [0.717, 1.165) is 36.2 Å². The van der Waals surface area contributed by atoms with E-state index in [-0.39, 0.29) is 11.9 Å². The first kappa shape index (κ1) is 18.6. The Bertz CT molecular complexity index is 1270. The lowest BCUT2D eigenvalue weighted by Crippen LogP contribution is -2.40. The summed E-state index contributed by atoms with van der Waals surface area (Å²) in [5.74, 6) is 1.03. The molecule has 8 nitrogen and oxygen atoms in total. The van der Waals surface area contributed by atoms with E-state index in [2.05, 4.69) is 10.3 Å². The Morgan fingerprint density at radius 1 is 1.27 bits per heavy atom. The number of nitrogens with zero attached hydrogens (tertiary/aromatic N) is 5. The molecule has 1 aromatic carbocycles. The van der Waals surface area contributed by atoms with Gasteiger partial charge in [0.1, 0.15) is 29.2 Å². The molecule has 4 heterocycles. The van der Waals surface area contributed by atoms with Gasteiger partial charge in [0.2, 0.25) is 5.91 Å².